The Morgan fingerprint density at radius 3 is 2.21 bits per heavy atom. The Hall–Kier alpha value is -1.36. The van der Waals surface area contributed by atoms with Crippen LogP contribution in [0.2, 0.25) is 0 Å². The second kappa shape index (κ2) is 3.79. The summed E-state index contributed by atoms with van der Waals surface area (Å²) >= 11 is 0. The van der Waals surface area contributed by atoms with Crippen molar-refractivity contribution < 1.29 is 13.7 Å². The Morgan fingerprint density at radius 2 is 1.86 bits per heavy atom. The molecule has 1 atom stereocenters. The molecule has 0 aliphatic heterocycles. The van der Waals surface area contributed by atoms with Gasteiger partial charge in [-0.25, -0.2) is 13.8 Å². The summed E-state index contributed by atoms with van der Waals surface area (Å²) in [5.41, 5.74) is 0.389. The van der Waals surface area contributed by atoms with E-state index in [1.54, 1.807) is 0 Å². The van der Waals surface area contributed by atoms with Crippen molar-refractivity contribution in [1.29, 1.82) is 4.78 Å². The van der Waals surface area contributed by atoms with Gasteiger partial charge in [0.15, 0.2) is 0 Å². The molecule has 0 bridgehead atoms. The van der Waals surface area contributed by atoms with Crippen LogP contribution in [-0.4, -0.2) is 23.5 Å². The third kappa shape index (κ3) is 2.32. The summed E-state index contributed by atoms with van der Waals surface area (Å²) in [6.45, 7) is 0. The van der Waals surface area contributed by atoms with Gasteiger partial charge in [-0.05, 0) is 24.3 Å². The molecular formula is C9H11NO3S. The number of rotatable bonds is 2. The number of hydrogen-bond donors (Lipinski definition) is 1. The molecule has 0 aliphatic carbocycles. The van der Waals surface area contributed by atoms with Gasteiger partial charge in [-0.3, -0.25) is 0 Å². The molecule has 1 unspecified atom stereocenters. The van der Waals surface area contributed by atoms with Crippen LogP contribution in [0.5, 0.6) is 0 Å². The van der Waals surface area contributed by atoms with Crippen LogP contribution in [0.4, 0.5) is 0 Å². The van der Waals surface area contributed by atoms with E-state index in [4.69, 9.17) is 4.78 Å². The molecule has 0 aromatic heterocycles. The molecule has 1 N–H and O–H groups in total. The summed E-state index contributed by atoms with van der Waals surface area (Å²) < 4.78 is 23.1. The van der Waals surface area contributed by atoms with Gasteiger partial charge in [0.05, 0.1) is 22.4 Å². The van der Waals surface area contributed by atoms with Crippen LogP contribution in [0.1, 0.15) is 10.4 Å². The number of ether oxygens (including phenoxy) is 1. The second-order valence-electron chi connectivity index (χ2n) is 2.86. The molecular weight excluding hydrogens is 202 g/mol. The average molecular weight is 213 g/mol. The Balaban J connectivity index is 3.07. The molecule has 4 nitrogen and oxygen atoms in total. The fourth-order valence-electron chi connectivity index (χ4n) is 0.969. The van der Waals surface area contributed by atoms with Gasteiger partial charge >= 0.3 is 5.97 Å². The van der Waals surface area contributed by atoms with Crippen LogP contribution in [0.25, 0.3) is 0 Å². The fraction of sp³-hybridized carbons (Fsp3) is 0.222. The van der Waals surface area contributed by atoms with E-state index >= 15 is 0 Å². The molecule has 0 amide bonds. The molecule has 1 aromatic rings. The summed E-state index contributed by atoms with van der Waals surface area (Å²) in [7, 11) is -1.41. The third-order valence-electron chi connectivity index (χ3n) is 1.73. The molecule has 0 aliphatic rings. The lowest BCUT2D eigenvalue weighted by Gasteiger charge is -2.02. The zero-order valence-corrected chi connectivity index (χ0v) is 8.76. The molecule has 14 heavy (non-hydrogen) atoms. The van der Waals surface area contributed by atoms with E-state index in [1.165, 1.54) is 37.6 Å². The van der Waals surface area contributed by atoms with Crippen molar-refractivity contribution in [2.45, 2.75) is 4.90 Å². The predicted molar refractivity (Wildman–Crippen MR) is 52.8 cm³/mol. The smallest absolute Gasteiger partial charge is 0.337 e. The van der Waals surface area contributed by atoms with Crippen molar-refractivity contribution in [3.8, 4) is 0 Å². The van der Waals surface area contributed by atoms with Crippen LogP contribution in [0.15, 0.2) is 29.2 Å². The van der Waals surface area contributed by atoms with Gasteiger partial charge in [0, 0.05) is 11.2 Å². The number of benzene rings is 1. The standard InChI is InChI=1S/C9H11NO3S/c1-13-9(11)7-3-5-8(6-4-7)14(2,10)12/h3-6,10H,1-2H3. The maximum absolute atomic E-state index is 11.3. The zero-order chi connectivity index (χ0) is 10.8. The van der Waals surface area contributed by atoms with Crippen molar-refractivity contribution in [2.24, 2.45) is 0 Å². The minimum Gasteiger partial charge on any atom is -0.465 e. The van der Waals surface area contributed by atoms with E-state index in [1.807, 2.05) is 0 Å². The lowest BCUT2D eigenvalue weighted by atomic mass is 10.2. The molecule has 0 radical (unpaired) electrons. The van der Waals surface area contributed by atoms with E-state index < -0.39 is 15.7 Å². The number of esters is 1. The highest BCUT2D eigenvalue weighted by Gasteiger charge is 2.07. The van der Waals surface area contributed by atoms with Gasteiger partial charge in [-0.15, -0.1) is 0 Å². The molecule has 0 saturated carbocycles. The van der Waals surface area contributed by atoms with Crippen molar-refractivity contribution in [1.82, 2.24) is 0 Å². The lowest BCUT2D eigenvalue weighted by Crippen LogP contribution is -2.02. The Kier molecular flexibility index (Phi) is 2.90. The van der Waals surface area contributed by atoms with E-state index in [0.29, 0.717) is 10.5 Å². The first kappa shape index (κ1) is 10.7. The van der Waals surface area contributed by atoms with Crippen LogP contribution in [0, 0.1) is 4.78 Å². The van der Waals surface area contributed by atoms with Gasteiger partial charge in [0.25, 0.3) is 0 Å². The van der Waals surface area contributed by atoms with Crippen molar-refractivity contribution in [3.05, 3.63) is 29.8 Å². The van der Waals surface area contributed by atoms with E-state index in [2.05, 4.69) is 4.74 Å². The number of hydrogen-bond acceptors (Lipinski definition) is 4. The first-order chi connectivity index (χ1) is 6.45. The molecule has 76 valence electrons. The summed E-state index contributed by atoms with van der Waals surface area (Å²) in [6.07, 6.45) is 1.33. The summed E-state index contributed by atoms with van der Waals surface area (Å²) in [5.74, 6) is -0.441. The summed E-state index contributed by atoms with van der Waals surface area (Å²) in [5, 5.41) is 0. The van der Waals surface area contributed by atoms with Crippen molar-refractivity contribution in [3.63, 3.8) is 0 Å². The Labute approximate surface area is 82.9 Å². The van der Waals surface area contributed by atoms with Gasteiger partial charge in [0.1, 0.15) is 0 Å². The molecule has 5 heteroatoms. The van der Waals surface area contributed by atoms with E-state index in [-0.39, 0.29) is 0 Å². The van der Waals surface area contributed by atoms with Crippen molar-refractivity contribution >= 4 is 15.7 Å². The van der Waals surface area contributed by atoms with E-state index in [0.717, 1.165) is 0 Å². The maximum Gasteiger partial charge on any atom is 0.337 e. The lowest BCUT2D eigenvalue weighted by molar-refractivity contribution is 0.0600. The number of methoxy groups -OCH3 is 1. The predicted octanol–water partition coefficient (Wildman–Crippen LogP) is 1.51. The first-order valence-electron chi connectivity index (χ1n) is 3.87. The molecule has 0 saturated heterocycles. The molecule has 0 spiro atoms. The number of carbonyl (C=O) groups is 1. The number of carbonyl (C=O) groups excluding carboxylic acids is 1. The van der Waals surface area contributed by atoms with Crippen LogP contribution < -0.4 is 0 Å². The highest BCUT2D eigenvalue weighted by atomic mass is 32.2. The highest BCUT2D eigenvalue weighted by Crippen LogP contribution is 2.11. The van der Waals surface area contributed by atoms with Crippen LogP contribution in [-0.2, 0) is 14.5 Å². The second-order valence-corrected chi connectivity index (χ2v) is 5.02. The van der Waals surface area contributed by atoms with Gasteiger partial charge in [-0.2, -0.15) is 0 Å². The summed E-state index contributed by atoms with van der Waals surface area (Å²) in [4.78, 5) is 11.4. The fourth-order valence-corrected chi connectivity index (χ4v) is 1.62. The quantitative estimate of drug-likeness (QED) is 0.757. The van der Waals surface area contributed by atoms with Gasteiger partial charge < -0.3 is 4.74 Å². The zero-order valence-electron chi connectivity index (χ0n) is 7.94. The molecule has 0 heterocycles. The van der Waals surface area contributed by atoms with Crippen LogP contribution >= 0.6 is 0 Å². The minimum absolute atomic E-state index is 0.389. The molecule has 1 aromatic carbocycles. The normalized spacial score (nSPS) is 14.4. The number of nitrogens with one attached hydrogen (secondary N) is 1. The molecule has 0 fully saturated rings. The monoisotopic (exact) mass is 213 g/mol. The van der Waals surface area contributed by atoms with Crippen molar-refractivity contribution in [2.75, 3.05) is 13.4 Å². The third-order valence-corrected chi connectivity index (χ3v) is 2.90. The SMILES string of the molecule is COC(=O)c1ccc(S(C)(=N)=O)cc1. The summed E-state index contributed by atoms with van der Waals surface area (Å²) in [6, 6.07) is 6.00. The largest absolute Gasteiger partial charge is 0.465 e. The minimum atomic E-state index is -2.70. The topological polar surface area (TPSA) is 67.2 Å². The Morgan fingerprint density at radius 1 is 1.36 bits per heavy atom. The average Bonchev–Trinajstić information content (AvgIpc) is 2.15. The highest BCUT2D eigenvalue weighted by molar-refractivity contribution is 7.91. The van der Waals surface area contributed by atoms with Gasteiger partial charge in [-0.1, -0.05) is 0 Å². The maximum atomic E-state index is 11.3. The first-order valence-corrected chi connectivity index (χ1v) is 5.84. The van der Waals surface area contributed by atoms with Crippen LogP contribution in [0.3, 0.4) is 0 Å². The molecule has 1 rings (SSSR count). The van der Waals surface area contributed by atoms with E-state index in [9.17, 15) is 9.00 Å². The van der Waals surface area contributed by atoms with Gasteiger partial charge in [0.2, 0.25) is 0 Å². The Bertz CT molecular complexity index is 434.